The van der Waals surface area contributed by atoms with E-state index in [0.29, 0.717) is 6.54 Å². The molecule has 0 aliphatic heterocycles. The number of thiophene rings is 1. The van der Waals surface area contributed by atoms with Crippen molar-refractivity contribution in [2.24, 2.45) is 11.1 Å². The van der Waals surface area contributed by atoms with Crippen LogP contribution in [0.5, 0.6) is 0 Å². The number of nitrogens with two attached hydrogens (primary N) is 1. The highest BCUT2D eigenvalue weighted by Crippen LogP contribution is 2.19. The molecule has 1 atom stereocenters. The SMILES string of the molecule is CCc1ccc(CNC(=O)C(N)C(C)(C)C)s1. The van der Waals surface area contributed by atoms with Crippen molar-refractivity contribution in [3.63, 3.8) is 0 Å². The summed E-state index contributed by atoms with van der Waals surface area (Å²) in [7, 11) is 0. The maximum atomic E-state index is 11.8. The van der Waals surface area contributed by atoms with Crippen molar-refractivity contribution in [1.29, 1.82) is 0 Å². The molecule has 0 saturated carbocycles. The van der Waals surface area contributed by atoms with Crippen molar-refractivity contribution < 1.29 is 4.79 Å². The minimum atomic E-state index is -0.465. The zero-order chi connectivity index (χ0) is 13.1. The second-order valence-electron chi connectivity index (χ2n) is 5.28. The number of hydrogen-bond acceptors (Lipinski definition) is 3. The lowest BCUT2D eigenvalue weighted by atomic mass is 9.87. The minimum absolute atomic E-state index is 0.0797. The highest BCUT2D eigenvalue weighted by atomic mass is 32.1. The first-order chi connectivity index (χ1) is 7.84. The van der Waals surface area contributed by atoms with Gasteiger partial charge < -0.3 is 11.1 Å². The quantitative estimate of drug-likeness (QED) is 0.866. The Morgan fingerprint density at radius 2 is 2.00 bits per heavy atom. The normalized spacial score (nSPS) is 13.5. The van der Waals surface area contributed by atoms with Crippen molar-refractivity contribution in [2.45, 2.75) is 46.7 Å². The number of nitrogens with one attached hydrogen (secondary N) is 1. The number of carbonyl (C=O) groups excluding carboxylic acids is 1. The van der Waals surface area contributed by atoms with Crippen LogP contribution in [-0.2, 0) is 17.8 Å². The molecule has 0 fully saturated rings. The van der Waals surface area contributed by atoms with Crippen LogP contribution in [0.15, 0.2) is 12.1 Å². The summed E-state index contributed by atoms with van der Waals surface area (Å²) in [5.74, 6) is -0.0797. The van der Waals surface area contributed by atoms with Crippen molar-refractivity contribution in [3.8, 4) is 0 Å². The van der Waals surface area contributed by atoms with Crippen molar-refractivity contribution in [1.82, 2.24) is 5.32 Å². The summed E-state index contributed by atoms with van der Waals surface area (Å²) in [6.07, 6.45) is 1.04. The summed E-state index contributed by atoms with van der Waals surface area (Å²) >= 11 is 1.74. The second kappa shape index (κ2) is 5.65. The van der Waals surface area contributed by atoms with E-state index in [0.717, 1.165) is 6.42 Å². The molecule has 1 aromatic rings. The Balaban J connectivity index is 2.48. The average molecular weight is 254 g/mol. The number of amides is 1. The van der Waals surface area contributed by atoms with Crippen LogP contribution in [0.25, 0.3) is 0 Å². The molecule has 0 saturated heterocycles. The third-order valence-electron chi connectivity index (χ3n) is 2.72. The maximum Gasteiger partial charge on any atom is 0.237 e. The van der Waals surface area contributed by atoms with Crippen LogP contribution in [0.3, 0.4) is 0 Å². The van der Waals surface area contributed by atoms with E-state index in [1.165, 1.54) is 9.75 Å². The van der Waals surface area contributed by atoms with Gasteiger partial charge in [-0.1, -0.05) is 27.7 Å². The highest BCUT2D eigenvalue weighted by Gasteiger charge is 2.27. The minimum Gasteiger partial charge on any atom is -0.350 e. The maximum absolute atomic E-state index is 11.8. The third kappa shape index (κ3) is 4.13. The lowest BCUT2D eigenvalue weighted by molar-refractivity contribution is -0.124. The molecule has 1 rings (SSSR count). The van der Waals surface area contributed by atoms with Gasteiger partial charge in [0.15, 0.2) is 0 Å². The standard InChI is InChI=1S/C13H22N2OS/c1-5-9-6-7-10(17-9)8-15-12(16)11(14)13(2,3)4/h6-7,11H,5,8,14H2,1-4H3,(H,15,16). The molecule has 0 spiro atoms. The predicted octanol–water partition coefficient (Wildman–Crippen LogP) is 2.30. The molecule has 0 bridgehead atoms. The van der Waals surface area contributed by atoms with Crippen LogP contribution in [-0.4, -0.2) is 11.9 Å². The van der Waals surface area contributed by atoms with Gasteiger partial charge in [-0.15, -0.1) is 11.3 Å². The van der Waals surface area contributed by atoms with Crippen molar-refractivity contribution >= 4 is 17.2 Å². The Kier molecular flexibility index (Phi) is 4.71. The first-order valence-corrected chi connectivity index (χ1v) is 6.77. The monoisotopic (exact) mass is 254 g/mol. The molecule has 1 aromatic heterocycles. The molecule has 0 radical (unpaired) electrons. The van der Waals surface area contributed by atoms with Gasteiger partial charge >= 0.3 is 0 Å². The van der Waals surface area contributed by atoms with Crippen LogP contribution < -0.4 is 11.1 Å². The fraction of sp³-hybridized carbons (Fsp3) is 0.615. The molecule has 1 unspecified atom stereocenters. The fourth-order valence-corrected chi connectivity index (χ4v) is 2.28. The number of aryl methyl sites for hydroxylation is 1. The lowest BCUT2D eigenvalue weighted by Gasteiger charge is -2.25. The van der Waals surface area contributed by atoms with Gasteiger partial charge in [0.1, 0.15) is 0 Å². The fourth-order valence-electron chi connectivity index (χ4n) is 1.38. The zero-order valence-corrected chi connectivity index (χ0v) is 11.9. The van der Waals surface area contributed by atoms with Gasteiger partial charge in [0, 0.05) is 9.75 Å². The largest absolute Gasteiger partial charge is 0.350 e. The first kappa shape index (κ1) is 14.2. The smallest absolute Gasteiger partial charge is 0.237 e. The number of hydrogen-bond donors (Lipinski definition) is 2. The van der Waals surface area contributed by atoms with Crippen molar-refractivity contribution in [2.75, 3.05) is 0 Å². The van der Waals surface area contributed by atoms with Gasteiger partial charge in [-0.3, -0.25) is 4.79 Å². The van der Waals surface area contributed by atoms with Gasteiger partial charge in [0.25, 0.3) is 0 Å². The molecule has 3 N–H and O–H groups in total. The van der Waals surface area contributed by atoms with Gasteiger partial charge in [-0.2, -0.15) is 0 Å². The van der Waals surface area contributed by atoms with Gasteiger partial charge in [0.2, 0.25) is 5.91 Å². The van der Waals surface area contributed by atoms with Crippen molar-refractivity contribution in [3.05, 3.63) is 21.9 Å². The topological polar surface area (TPSA) is 55.1 Å². The summed E-state index contributed by atoms with van der Waals surface area (Å²) < 4.78 is 0. The molecular formula is C13H22N2OS. The Morgan fingerprint density at radius 1 is 1.41 bits per heavy atom. The van der Waals surface area contributed by atoms with E-state index in [4.69, 9.17) is 5.73 Å². The number of rotatable bonds is 4. The molecule has 0 aliphatic rings. The van der Waals surface area contributed by atoms with E-state index in [-0.39, 0.29) is 11.3 Å². The first-order valence-electron chi connectivity index (χ1n) is 5.95. The van der Waals surface area contributed by atoms with Crippen LogP contribution in [0.1, 0.15) is 37.4 Å². The molecule has 1 amide bonds. The van der Waals surface area contributed by atoms with E-state index in [2.05, 4.69) is 24.4 Å². The molecule has 0 aromatic carbocycles. The second-order valence-corrected chi connectivity index (χ2v) is 6.54. The van der Waals surface area contributed by atoms with Gasteiger partial charge in [0.05, 0.1) is 12.6 Å². The van der Waals surface area contributed by atoms with Crippen LogP contribution in [0, 0.1) is 5.41 Å². The predicted molar refractivity (Wildman–Crippen MR) is 73.0 cm³/mol. The van der Waals surface area contributed by atoms with Crippen LogP contribution >= 0.6 is 11.3 Å². The summed E-state index contributed by atoms with van der Waals surface area (Å²) in [6, 6.07) is 3.70. The summed E-state index contributed by atoms with van der Waals surface area (Å²) in [5.41, 5.74) is 5.68. The Hall–Kier alpha value is -0.870. The summed E-state index contributed by atoms with van der Waals surface area (Å²) in [5, 5.41) is 2.89. The molecular weight excluding hydrogens is 232 g/mol. The Labute approximate surface area is 107 Å². The molecule has 0 aliphatic carbocycles. The van der Waals surface area contributed by atoms with Gasteiger partial charge in [-0.25, -0.2) is 0 Å². The molecule has 17 heavy (non-hydrogen) atoms. The van der Waals surface area contributed by atoms with E-state index in [1.54, 1.807) is 11.3 Å². The zero-order valence-electron chi connectivity index (χ0n) is 11.0. The molecule has 3 nitrogen and oxygen atoms in total. The molecule has 4 heteroatoms. The van der Waals surface area contributed by atoms with Gasteiger partial charge in [-0.05, 0) is 24.0 Å². The Morgan fingerprint density at radius 3 is 2.47 bits per heavy atom. The van der Waals surface area contributed by atoms with Crippen LogP contribution in [0.2, 0.25) is 0 Å². The highest BCUT2D eigenvalue weighted by molar-refractivity contribution is 7.11. The lowest BCUT2D eigenvalue weighted by Crippen LogP contribution is -2.48. The van der Waals surface area contributed by atoms with E-state index >= 15 is 0 Å². The van der Waals surface area contributed by atoms with E-state index in [9.17, 15) is 4.79 Å². The Bertz CT molecular complexity index is 379. The third-order valence-corrected chi connectivity index (χ3v) is 3.95. The van der Waals surface area contributed by atoms with E-state index in [1.807, 2.05) is 20.8 Å². The molecule has 96 valence electrons. The molecule has 1 heterocycles. The summed E-state index contributed by atoms with van der Waals surface area (Å²) in [4.78, 5) is 14.3. The average Bonchev–Trinajstić information content (AvgIpc) is 2.71. The van der Waals surface area contributed by atoms with E-state index < -0.39 is 6.04 Å². The number of carbonyl (C=O) groups is 1. The summed E-state index contributed by atoms with van der Waals surface area (Å²) in [6.45, 7) is 8.61. The van der Waals surface area contributed by atoms with Crippen LogP contribution in [0.4, 0.5) is 0 Å².